The number of benzene rings is 1. The molecule has 1 N–H and O–H groups in total. The standard InChI is InChI=1S/C13H17N3O4S/c1-4-13(5-2,9-14)15-21(19,20)12-8-6-7-11(10(12)3)16(17)18/h6-8,15H,4-5H2,1-3H3. The van der Waals surface area contributed by atoms with Crippen LogP contribution >= 0.6 is 0 Å². The molecular formula is C13H17N3O4S. The first-order valence-corrected chi connectivity index (χ1v) is 7.90. The van der Waals surface area contributed by atoms with E-state index in [1.54, 1.807) is 13.8 Å². The highest BCUT2D eigenvalue weighted by Gasteiger charge is 2.33. The van der Waals surface area contributed by atoms with Gasteiger partial charge in [0.15, 0.2) is 0 Å². The summed E-state index contributed by atoms with van der Waals surface area (Å²) < 4.78 is 27.2. The van der Waals surface area contributed by atoms with Gasteiger partial charge in [0, 0.05) is 11.6 Å². The third kappa shape index (κ3) is 3.37. The van der Waals surface area contributed by atoms with Gasteiger partial charge >= 0.3 is 0 Å². The van der Waals surface area contributed by atoms with Gasteiger partial charge in [0.2, 0.25) is 10.0 Å². The molecule has 0 radical (unpaired) electrons. The Morgan fingerprint density at radius 1 is 1.38 bits per heavy atom. The summed E-state index contributed by atoms with van der Waals surface area (Å²) in [7, 11) is -4.02. The predicted octanol–water partition coefficient (Wildman–Crippen LogP) is 2.26. The number of hydrogen-bond acceptors (Lipinski definition) is 5. The summed E-state index contributed by atoms with van der Waals surface area (Å²) >= 11 is 0. The monoisotopic (exact) mass is 311 g/mol. The van der Waals surface area contributed by atoms with Crippen LogP contribution in [0.1, 0.15) is 32.3 Å². The number of nitrogens with one attached hydrogen (secondary N) is 1. The van der Waals surface area contributed by atoms with E-state index >= 15 is 0 Å². The maximum atomic E-state index is 12.4. The zero-order chi connectivity index (χ0) is 16.3. The summed E-state index contributed by atoms with van der Waals surface area (Å²) in [5, 5.41) is 20.1. The molecule has 0 saturated carbocycles. The van der Waals surface area contributed by atoms with E-state index in [-0.39, 0.29) is 16.1 Å². The van der Waals surface area contributed by atoms with Gasteiger partial charge in [-0.05, 0) is 25.8 Å². The fourth-order valence-corrected chi connectivity index (χ4v) is 3.70. The Morgan fingerprint density at radius 3 is 2.38 bits per heavy atom. The van der Waals surface area contributed by atoms with E-state index in [4.69, 9.17) is 0 Å². The van der Waals surface area contributed by atoms with E-state index in [0.29, 0.717) is 12.8 Å². The van der Waals surface area contributed by atoms with Crippen LogP contribution in [0.15, 0.2) is 23.1 Å². The second kappa shape index (κ2) is 6.20. The highest BCUT2D eigenvalue weighted by Crippen LogP contribution is 2.26. The van der Waals surface area contributed by atoms with Crippen molar-refractivity contribution >= 4 is 15.7 Å². The van der Waals surface area contributed by atoms with Crippen molar-refractivity contribution in [1.29, 1.82) is 5.26 Å². The lowest BCUT2D eigenvalue weighted by atomic mass is 9.97. The number of nitro benzene ring substituents is 1. The van der Waals surface area contributed by atoms with Crippen LogP contribution in [0.3, 0.4) is 0 Å². The van der Waals surface area contributed by atoms with Crippen molar-refractivity contribution in [2.24, 2.45) is 0 Å². The topological polar surface area (TPSA) is 113 Å². The lowest BCUT2D eigenvalue weighted by Crippen LogP contribution is -2.46. The van der Waals surface area contributed by atoms with Gasteiger partial charge < -0.3 is 0 Å². The summed E-state index contributed by atoms with van der Waals surface area (Å²) in [4.78, 5) is 10.1. The fourth-order valence-electron chi connectivity index (χ4n) is 1.98. The van der Waals surface area contributed by atoms with Crippen molar-refractivity contribution in [2.45, 2.75) is 44.0 Å². The minimum atomic E-state index is -4.02. The Hall–Kier alpha value is -1.98. The summed E-state index contributed by atoms with van der Waals surface area (Å²) in [5.74, 6) is 0. The van der Waals surface area contributed by atoms with Gasteiger partial charge in [-0.2, -0.15) is 9.98 Å². The molecule has 1 rings (SSSR count). The van der Waals surface area contributed by atoms with Crippen LogP contribution in [-0.4, -0.2) is 18.9 Å². The maximum absolute atomic E-state index is 12.4. The smallest absolute Gasteiger partial charge is 0.258 e. The van der Waals surface area contributed by atoms with Crippen LogP contribution < -0.4 is 4.72 Å². The highest BCUT2D eigenvalue weighted by atomic mass is 32.2. The molecule has 0 aromatic heterocycles. The molecule has 1 aromatic carbocycles. The van der Waals surface area contributed by atoms with Gasteiger partial charge in [0.1, 0.15) is 5.54 Å². The Balaban J connectivity index is 3.37. The van der Waals surface area contributed by atoms with Crippen molar-refractivity contribution in [2.75, 3.05) is 0 Å². The van der Waals surface area contributed by atoms with E-state index in [2.05, 4.69) is 4.72 Å². The van der Waals surface area contributed by atoms with Crippen LogP contribution in [0.5, 0.6) is 0 Å². The molecule has 0 bridgehead atoms. The summed E-state index contributed by atoms with van der Waals surface area (Å²) in [6, 6.07) is 5.82. The minimum Gasteiger partial charge on any atom is -0.258 e. The molecule has 0 fully saturated rings. The zero-order valence-electron chi connectivity index (χ0n) is 12.1. The van der Waals surface area contributed by atoms with Gasteiger partial charge in [-0.15, -0.1) is 0 Å². The van der Waals surface area contributed by atoms with Crippen molar-refractivity contribution in [1.82, 2.24) is 4.72 Å². The van der Waals surface area contributed by atoms with E-state index in [0.717, 1.165) is 0 Å². The molecule has 114 valence electrons. The van der Waals surface area contributed by atoms with Gasteiger partial charge in [-0.3, -0.25) is 10.1 Å². The molecule has 0 saturated heterocycles. The first-order chi connectivity index (χ1) is 9.73. The Morgan fingerprint density at radius 2 is 1.95 bits per heavy atom. The largest absolute Gasteiger partial charge is 0.273 e. The lowest BCUT2D eigenvalue weighted by Gasteiger charge is -2.24. The second-order valence-electron chi connectivity index (χ2n) is 4.66. The molecule has 1 aromatic rings. The maximum Gasteiger partial charge on any atom is 0.273 e. The van der Waals surface area contributed by atoms with E-state index < -0.39 is 20.5 Å². The van der Waals surface area contributed by atoms with Crippen LogP contribution in [0.2, 0.25) is 0 Å². The van der Waals surface area contributed by atoms with Gasteiger partial charge in [0.25, 0.3) is 5.69 Å². The van der Waals surface area contributed by atoms with Gasteiger partial charge in [-0.1, -0.05) is 19.9 Å². The van der Waals surface area contributed by atoms with Crippen molar-refractivity contribution in [3.8, 4) is 6.07 Å². The van der Waals surface area contributed by atoms with Crippen molar-refractivity contribution in [3.05, 3.63) is 33.9 Å². The van der Waals surface area contributed by atoms with Gasteiger partial charge in [-0.25, -0.2) is 8.42 Å². The quantitative estimate of drug-likeness (QED) is 0.639. The van der Waals surface area contributed by atoms with Crippen LogP contribution in [0.25, 0.3) is 0 Å². The number of sulfonamides is 1. The number of rotatable bonds is 6. The third-order valence-corrected chi connectivity index (χ3v) is 5.17. The summed E-state index contributed by atoms with van der Waals surface area (Å²) in [6.45, 7) is 4.78. The lowest BCUT2D eigenvalue weighted by molar-refractivity contribution is -0.385. The molecule has 8 heteroatoms. The average molecular weight is 311 g/mol. The average Bonchev–Trinajstić information content (AvgIpc) is 2.44. The first kappa shape index (κ1) is 17.1. The number of nitro groups is 1. The normalized spacial score (nSPS) is 11.9. The molecule has 0 amide bonds. The van der Waals surface area contributed by atoms with Crippen molar-refractivity contribution < 1.29 is 13.3 Å². The van der Waals surface area contributed by atoms with E-state index in [1.165, 1.54) is 25.1 Å². The Bertz CT molecular complexity index is 688. The molecule has 21 heavy (non-hydrogen) atoms. The van der Waals surface area contributed by atoms with E-state index in [1.807, 2.05) is 6.07 Å². The van der Waals surface area contributed by atoms with Crippen LogP contribution in [-0.2, 0) is 10.0 Å². The molecule has 0 heterocycles. The Kier molecular flexibility index (Phi) is 5.04. The molecular weight excluding hydrogens is 294 g/mol. The first-order valence-electron chi connectivity index (χ1n) is 6.42. The third-order valence-electron chi connectivity index (χ3n) is 3.49. The van der Waals surface area contributed by atoms with E-state index in [9.17, 15) is 23.8 Å². The molecule has 0 atom stereocenters. The number of nitrogens with zero attached hydrogens (tertiary/aromatic N) is 2. The molecule has 7 nitrogen and oxygen atoms in total. The number of nitriles is 1. The van der Waals surface area contributed by atoms with Crippen LogP contribution in [0.4, 0.5) is 5.69 Å². The minimum absolute atomic E-state index is 0.0500. The zero-order valence-corrected chi connectivity index (χ0v) is 12.9. The Labute approximate surface area is 123 Å². The van der Waals surface area contributed by atoms with Gasteiger partial charge in [0.05, 0.1) is 15.9 Å². The SMILES string of the molecule is CCC(C#N)(CC)NS(=O)(=O)c1cccc([N+](=O)[O-])c1C. The molecule has 0 spiro atoms. The molecule has 0 aliphatic rings. The predicted molar refractivity (Wildman–Crippen MR) is 77.1 cm³/mol. The number of hydrogen-bond donors (Lipinski definition) is 1. The highest BCUT2D eigenvalue weighted by molar-refractivity contribution is 7.89. The molecule has 0 unspecified atom stereocenters. The summed E-state index contributed by atoms with van der Waals surface area (Å²) in [6.07, 6.45) is 0.598. The summed E-state index contributed by atoms with van der Waals surface area (Å²) in [5.41, 5.74) is -1.43. The van der Waals surface area contributed by atoms with Crippen LogP contribution in [0, 0.1) is 28.4 Å². The molecule has 0 aliphatic carbocycles. The molecule has 0 aliphatic heterocycles. The fraction of sp³-hybridized carbons (Fsp3) is 0.462. The second-order valence-corrected chi connectivity index (χ2v) is 6.31. The van der Waals surface area contributed by atoms with Crippen molar-refractivity contribution in [3.63, 3.8) is 0 Å².